The Kier molecular flexibility index (Phi) is 4.42. The van der Waals surface area contributed by atoms with Crippen LogP contribution in [0.4, 0.5) is 8.78 Å². The number of carbonyl (C=O) groups excluding carboxylic acids is 1. The van der Waals surface area contributed by atoms with Crippen LogP contribution in [0, 0.1) is 18.6 Å². The predicted molar refractivity (Wildman–Crippen MR) is 75.2 cm³/mol. The van der Waals surface area contributed by atoms with E-state index in [4.69, 9.17) is 4.84 Å². The smallest absolute Gasteiger partial charge is 0.313 e. The van der Waals surface area contributed by atoms with E-state index >= 15 is 0 Å². The monoisotopic (exact) mass is 289 g/mol. The van der Waals surface area contributed by atoms with Crippen molar-refractivity contribution in [2.45, 2.75) is 13.8 Å². The molecule has 2 aromatic rings. The molecule has 0 heterocycles. The molecule has 0 aliphatic rings. The van der Waals surface area contributed by atoms with E-state index in [1.807, 2.05) is 6.92 Å². The van der Waals surface area contributed by atoms with Crippen molar-refractivity contribution in [2.24, 2.45) is 5.16 Å². The van der Waals surface area contributed by atoms with Gasteiger partial charge in [-0.25, -0.2) is 13.6 Å². The van der Waals surface area contributed by atoms with Gasteiger partial charge in [-0.2, -0.15) is 0 Å². The van der Waals surface area contributed by atoms with Gasteiger partial charge in [-0.1, -0.05) is 22.9 Å². The number of halogens is 2. The van der Waals surface area contributed by atoms with Gasteiger partial charge in [0.05, 0.1) is 11.3 Å². The third kappa shape index (κ3) is 3.72. The number of nitrogens with zero attached hydrogens (tertiary/aromatic N) is 1. The highest BCUT2D eigenvalue weighted by molar-refractivity contribution is 5.99. The van der Waals surface area contributed by atoms with Gasteiger partial charge in [-0.15, -0.1) is 0 Å². The summed E-state index contributed by atoms with van der Waals surface area (Å²) >= 11 is 0. The molecule has 0 radical (unpaired) electrons. The Hall–Kier alpha value is -2.56. The van der Waals surface area contributed by atoms with Crippen LogP contribution in [0.2, 0.25) is 0 Å². The maximum atomic E-state index is 13.1. The first kappa shape index (κ1) is 14.8. The third-order valence-corrected chi connectivity index (χ3v) is 2.89. The predicted octanol–water partition coefficient (Wildman–Crippen LogP) is 3.85. The number of oxime groups is 1. The molecule has 0 N–H and O–H groups in total. The Labute approximate surface area is 120 Å². The van der Waals surface area contributed by atoms with E-state index in [2.05, 4.69) is 5.16 Å². The van der Waals surface area contributed by atoms with Crippen LogP contribution in [-0.4, -0.2) is 11.7 Å². The summed E-state index contributed by atoms with van der Waals surface area (Å²) in [6, 6.07) is 10.2. The minimum atomic E-state index is -0.980. The van der Waals surface area contributed by atoms with Crippen molar-refractivity contribution in [3.05, 3.63) is 70.8 Å². The van der Waals surface area contributed by atoms with Crippen LogP contribution in [0.15, 0.2) is 47.6 Å². The molecule has 0 saturated heterocycles. The van der Waals surface area contributed by atoms with Crippen molar-refractivity contribution in [1.82, 2.24) is 0 Å². The molecule has 0 aliphatic carbocycles. The fourth-order valence-electron chi connectivity index (χ4n) is 1.63. The fraction of sp³-hybridized carbons (Fsp3) is 0.125. The second-order valence-corrected chi connectivity index (χ2v) is 4.55. The molecule has 0 aromatic heterocycles. The molecule has 0 unspecified atom stereocenters. The summed E-state index contributed by atoms with van der Waals surface area (Å²) in [5, 5.41) is 3.64. The number of rotatable bonds is 3. The summed E-state index contributed by atoms with van der Waals surface area (Å²) in [5.74, 6) is -2.54. The van der Waals surface area contributed by atoms with Crippen molar-refractivity contribution >= 4 is 11.7 Å². The maximum absolute atomic E-state index is 13.1. The minimum Gasteiger partial charge on any atom is -0.313 e. The number of hydrogen-bond acceptors (Lipinski definition) is 3. The molecular formula is C16H13F2NO2. The largest absolute Gasteiger partial charge is 0.365 e. The molecule has 0 saturated carbocycles. The molecule has 2 rings (SSSR count). The average Bonchev–Trinajstić information content (AvgIpc) is 2.48. The van der Waals surface area contributed by atoms with E-state index in [0.717, 1.165) is 17.7 Å². The lowest BCUT2D eigenvalue weighted by molar-refractivity contribution is 0.0516. The molecule has 0 bridgehead atoms. The summed E-state index contributed by atoms with van der Waals surface area (Å²) in [6.45, 7) is 3.44. The standard InChI is InChI=1S/C16H13F2NO2/c1-10-3-5-12(6-4-10)16(20)21-19-11(2)13-7-8-14(17)15(18)9-13/h3-9H,1-2H3/b19-11-. The highest BCUT2D eigenvalue weighted by Gasteiger charge is 2.08. The lowest BCUT2D eigenvalue weighted by atomic mass is 10.1. The first-order valence-corrected chi connectivity index (χ1v) is 6.25. The van der Waals surface area contributed by atoms with E-state index in [1.54, 1.807) is 24.3 Å². The number of carbonyl (C=O) groups is 1. The Morgan fingerprint density at radius 1 is 1.00 bits per heavy atom. The van der Waals surface area contributed by atoms with Gasteiger partial charge in [-0.3, -0.25) is 0 Å². The number of benzene rings is 2. The zero-order valence-electron chi connectivity index (χ0n) is 11.6. The highest BCUT2D eigenvalue weighted by Crippen LogP contribution is 2.10. The quantitative estimate of drug-likeness (QED) is 0.489. The molecule has 0 amide bonds. The van der Waals surface area contributed by atoms with Gasteiger partial charge in [0.2, 0.25) is 0 Å². The second kappa shape index (κ2) is 6.26. The number of aryl methyl sites for hydroxylation is 1. The SMILES string of the molecule is C/C(=N/OC(=O)c1ccc(C)cc1)c1ccc(F)c(F)c1. The van der Waals surface area contributed by atoms with Crippen LogP contribution in [-0.2, 0) is 4.84 Å². The van der Waals surface area contributed by atoms with Crippen molar-refractivity contribution in [3.8, 4) is 0 Å². The molecule has 108 valence electrons. The molecule has 2 aromatic carbocycles. The van der Waals surface area contributed by atoms with Gasteiger partial charge >= 0.3 is 5.97 Å². The van der Waals surface area contributed by atoms with E-state index < -0.39 is 17.6 Å². The zero-order chi connectivity index (χ0) is 15.4. The molecule has 0 spiro atoms. The van der Waals surface area contributed by atoms with Crippen molar-refractivity contribution in [3.63, 3.8) is 0 Å². The first-order valence-electron chi connectivity index (χ1n) is 6.25. The second-order valence-electron chi connectivity index (χ2n) is 4.55. The Morgan fingerprint density at radius 3 is 2.24 bits per heavy atom. The van der Waals surface area contributed by atoms with Crippen molar-refractivity contribution in [1.29, 1.82) is 0 Å². The number of hydrogen-bond donors (Lipinski definition) is 0. The molecule has 3 nitrogen and oxygen atoms in total. The van der Waals surface area contributed by atoms with E-state index in [1.165, 1.54) is 13.0 Å². The summed E-state index contributed by atoms with van der Waals surface area (Å²) in [6.07, 6.45) is 0. The summed E-state index contributed by atoms with van der Waals surface area (Å²) in [5.41, 5.74) is 2.00. The van der Waals surface area contributed by atoms with Gasteiger partial charge in [-0.05, 0) is 44.2 Å². The van der Waals surface area contributed by atoms with Crippen LogP contribution in [0.1, 0.15) is 28.4 Å². The molecule has 21 heavy (non-hydrogen) atoms. The Morgan fingerprint density at radius 2 is 1.62 bits per heavy atom. The lowest BCUT2D eigenvalue weighted by Gasteiger charge is -2.02. The molecular weight excluding hydrogens is 276 g/mol. The van der Waals surface area contributed by atoms with Crippen LogP contribution in [0.3, 0.4) is 0 Å². The maximum Gasteiger partial charge on any atom is 0.365 e. The van der Waals surface area contributed by atoms with E-state index in [-0.39, 0.29) is 5.71 Å². The summed E-state index contributed by atoms with van der Waals surface area (Å²) < 4.78 is 25.9. The van der Waals surface area contributed by atoms with Crippen molar-refractivity contribution in [2.75, 3.05) is 0 Å². The van der Waals surface area contributed by atoms with Crippen molar-refractivity contribution < 1.29 is 18.4 Å². The average molecular weight is 289 g/mol. The summed E-state index contributed by atoms with van der Waals surface area (Å²) in [4.78, 5) is 16.5. The Balaban J connectivity index is 2.10. The Bertz CT molecular complexity index is 694. The van der Waals surface area contributed by atoms with Crippen LogP contribution in [0.25, 0.3) is 0 Å². The van der Waals surface area contributed by atoms with Gasteiger partial charge in [0.1, 0.15) is 0 Å². The topological polar surface area (TPSA) is 38.7 Å². The van der Waals surface area contributed by atoms with Crippen LogP contribution in [0.5, 0.6) is 0 Å². The highest BCUT2D eigenvalue weighted by atomic mass is 19.2. The van der Waals surface area contributed by atoms with E-state index in [9.17, 15) is 13.6 Å². The molecule has 0 atom stereocenters. The van der Waals surface area contributed by atoms with Gasteiger partial charge < -0.3 is 4.84 Å². The van der Waals surface area contributed by atoms with Crippen LogP contribution < -0.4 is 0 Å². The minimum absolute atomic E-state index is 0.273. The van der Waals surface area contributed by atoms with E-state index in [0.29, 0.717) is 11.1 Å². The molecule has 5 heteroatoms. The molecule has 0 aliphatic heterocycles. The fourth-order valence-corrected chi connectivity index (χ4v) is 1.63. The van der Waals surface area contributed by atoms with Gasteiger partial charge in [0.25, 0.3) is 0 Å². The van der Waals surface area contributed by atoms with Crippen LogP contribution >= 0.6 is 0 Å². The zero-order valence-corrected chi connectivity index (χ0v) is 11.6. The lowest BCUT2D eigenvalue weighted by Crippen LogP contribution is -2.04. The van der Waals surface area contributed by atoms with Gasteiger partial charge in [0.15, 0.2) is 11.6 Å². The normalized spacial score (nSPS) is 11.3. The van der Waals surface area contributed by atoms with Gasteiger partial charge in [0, 0.05) is 5.56 Å². The summed E-state index contributed by atoms with van der Waals surface area (Å²) in [7, 11) is 0. The molecule has 0 fully saturated rings. The third-order valence-electron chi connectivity index (χ3n) is 2.89. The first-order chi connectivity index (χ1) is 9.97.